The maximum absolute atomic E-state index is 11.5. The van der Waals surface area contributed by atoms with Gasteiger partial charge in [-0.15, -0.1) is 0 Å². The number of hydrogen-bond donors (Lipinski definition) is 0. The number of alkyl halides is 2. The van der Waals surface area contributed by atoms with E-state index >= 15 is 0 Å². The van der Waals surface area contributed by atoms with Crippen LogP contribution in [-0.2, 0) is 11.3 Å². The van der Waals surface area contributed by atoms with E-state index in [1.807, 2.05) is 0 Å². The lowest BCUT2D eigenvalue weighted by molar-refractivity contribution is -0.130. The molecule has 3 nitrogen and oxygen atoms in total. The third-order valence-corrected chi connectivity index (χ3v) is 1.58. The fourth-order valence-electron chi connectivity index (χ4n) is 0.696. The summed E-state index contributed by atoms with van der Waals surface area (Å²) in [5.41, 5.74) is 0. The second-order valence-electron chi connectivity index (χ2n) is 2.05. The Hall–Kier alpha value is -0.490. The van der Waals surface area contributed by atoms with Crippen molar-refractivity contribution in [2.24, 2.45) is 0 Å². The molecule has 0 aromatic carbocycles. The van der Waals surface area contributed by atoms with Crippen LogP contribution in [0.5, 0.6) is 0 Å². The van der Waals surface area contributed by atoms with Crippen molar-refractivity contribution in [3.05, 3.63) is 16.9 Å². The Morgan fingerprint density at radius 2 is 2.42 bits per heavy atom. The molecule has 0 spiro atoms. The number of hydrogen-bond acceptors (Lipinski definition) is 2. The normalized spacial score (nSPS) is 11.0. The first-order valence-corrected chi connectivity index (χ1v) is 4.05. The standard InChI is InChI=1S/C6H7BrF2N2O/c7-5-3-10-11(4-5)1-2-12-6(8)9/h3-4,6H,1-2H2. The Kier molecular flexibility index (Phi) is 3.61. The molecule has 0 aliphatic rings. The lowest BCUT2D eigenvalue weighted by Crippen LogP contribution is -2.09. The van der Waals surface area contributed by atoms with Gasteiger partial charge >= 0.3 is 6.61 Å². The molecule has 1 aromatic heterocycles. The van der Waals surface area contributed by atoms with E-state index in [0.717, 1.165) is 4.47 Å². The molecular formula is C6H7BrF2N2O. The van der Waals surface area contributed by atoms with Crippen LogP contribution in [0.2, 0.25) is 0 Å². The smallest absolute Gasteiger partial charge is 0.321 e. The van der Waals surface area contributed by atoms with Gasteiger partial charge in [-0.2, -0.15) is 13.9 Å². The van der Waals surface area contributed by atoms with Crippen molar-refractivity contribution in [3.63, 3.8) is 0 Å². The lowest BCUT2D eigenvalue weighted by atomic mass is 10.7. The predicted octanol–water partition coefficient (Wildman–Crippen LogP) is 1.88. The van der Waals surface area contributed by atoms with Crippen LogP contribution in [0.4, 0.5) is 8.78 Å². The maximum atomic E-state index is 11.5. The van der Waals surface area contributed by atoms with Crippen molar-refractivity contribution in [1.29, 1.82) is 0 Å². The molecule has 0 saturated heterocycles. The molecule has 0 bridgehead atoms. The van der Waals surface area contributed by atoms with Crippen LogP contribution in [0, 0.1) is 0 Å². The van der Waals surface area contributed by atoms with Crippen LogP contribution in [-0.4, -0.2) is 23.0 Å². The summed E-state index contributed by atoms with van der Waals surface area (Å²) in [6.07, 6.45) is 3.28. The van der Waals surface area contributed by atoms with E-state index in [-0.39, 0.29) is 6.61 Å². The summed E-state index contributed by atoms with van der Waals surface area (Å²) < 4.78 is 29.3. The van der Waals surface area contributed by atoms with Gasteiger partial charge in [-0.25, -0.2) is 0 Å². The molecule has 6 heteroatoms. The predicted molar refractivity (Wildman–Crippen MR) is 41.9 cm³/mol. The number of rotatable bonds is 4. The van der Waals surface area contributed by atoms with Crippen LogP contribution >= 0.6 is 15.9 Å². The van der Waals surface area contributed by atoms with Crippen molar-refractivity contribution >= 4 is 15.9 Å². The average Bonchev–Trinajstić information content (AvgIpc) is 2.35. The number of ether oxygens (including phenoxy) is 1. The summed E-state index contributed by atoms with van der Waals surface area (Å²) in [5, 5.41) is 3.86. The van der Waals surface area contributed by atoms with E-state index < -0.39 is 6.61 Å². The molecule has 0 N–H and O–H groups in total. The van der Waals surface area contributed by atoms with Gasteiger partial charge in [-0.05, 0) is 15.9 Å². The summed E-state index contributed by atoms with van der Waals surface area (Å²) in [6.45, 7) is -2.41. The van der Waals surface area contributed by atoms with Gasteiger partial charge in [-0.1, -0.05) is 0 Å². The Labute approximate surface area is 76.4 Å². The number of aromatic nitrogens is 2. The third-order valence-electron chi connectivity index (χ3n) is 1.17. The first-order valence-electron chi connectivity index (χ1n) is 3.26. The van der Waals surface area contributed by atoms with Crippen LogP contribution in [0.25, 0.3) is 0 Å². The molecule has 0 saturated carbocycles. The van der Waals surface area contributed by atoms with Crippen LogP contribution in [0.1, 0.15) is 0 Å². The van der Waals surface area contributed by atoms with Crippen molar-refractivity contribution in [2.75, 3.05) is 6.61 Å². The molecule has 1 rings (SSSR count). The summed E-state index contributed by atoms with van der Waals surface area (Å²) in [6, 6.07) is 0. The molecule has 0 amide bonds. The van der Waals surface area contributed by atoms with Crippen LogP contribution in [0.15, 0.2) is 16.9 Å². The molecule has 0 aliphatic heterocycles. The molecule has 68 valence electrons. The van der Waals surface area contributed by atoms with Crippen molar-refractivity contribution in [3.8, 4) is 0 Å². The number of halogens is 3. The fraction of sp³-hybridized carbons (Fsp3) is 0.500. The third kappa shape index (κ3) is 3.27. The second-order valence-corrected chi connectivity index (χ2v) is 2.97. The molecule has 12 heavy (non-hydrogen) atoms. The van der Waals surface area contributed by atoms with Gasteiger partial charge in [-0.3, -0.25) is 4.68 Å². The highest BCUT2D eigenvalue weighted by molar-refractivity contribution is 9.10. The van der Waals surface area contributed by atoms with Gasteiger partial charge in [0, 0.05) is 6.20 Å². The minimum atomic E-state index is -2.70. The SMILES string of the molecule is FC(F)OCCn1cc(Br)cn1. The fourth-order valence-corrected chi connectivity index (χ4v) is 1.02. The molecule has 1 aromatic rings. The highest BCUT2D eigenvalue weighted by Gasteiger charge is 2.01. The minimum Gasteiger partial charge on any atom is -0.321 e. The van der Waals surface area contributed by atoms with Gasteiger partial charge in [0.25, 0.3) is 0 Å². The summed E-state index contributed by atoms with van der Waals surface area (Å²) >= 11 is 3.18. The summed E-state index contributed by atoms with van der Waals surface area (Å²) in [5.74, 6) is 0. The second kappa shape index (κ2) is 4.51. The Morgan fingerprint density at radius 3 is 2.92 bits per heavy atom. The highest BCUT2D eigenvalue weighted by Crippen LogP contribution is 2.06. The van der Waals surface area contributed by atoms with Crippen molar-refractivity contribution in [2.45, 2.75) is 13.2 Å². The molecule has 0 radical (unpaired) electrons. The van der Waals surface area contributed by atoms with Gasteiger partial charge < -0.3 is 4.74 Å². The van der Waals surface area contributed by atoms with Gasteiger partial charge in [0.1, 0.15) is 0 Å². The van der Waals surface area contributed by atoms with Gasteiger partial charge in [0.15, 0.2) is 0 Å². The summed E-state index contributed by atoms with van der Waals surface area (Å²) in [7, 11) is 0. The zero-order chi connectivity index (χ0) is 8.97. The van der Waals surface area contributed by atoms with Crippen molar-refractivity contribution < 1.29 is 13.5 Å². The largest absolute Gasteiger partial charge is 0.345 e. The minimum absolute atomic E-state index is 0.0359. The molecule has 1 heterocycles. The van der Waals surface area contributed by atoms with E-state index in [4.69, 9.17) is 0 Å². The van der Waals surface area contributed by atoms with Crippen LogP contribution < -0.4 is 0 Å². The van der Waals surface area contributed by atoms with E-state index in [9.17, 15) is 8.78 Å². The van der Waals surface area contributed by atoms with Gasteiger partial charge in [0.05, 0.1) is 23.8 Å². The Bertz CT molecular complexity index is 241. The molecule has 0 fully saturated rings. The Balaban J connectivity index is 2.24. The van der Waals surface area contributed by atoms with Crippen LogP contribution in [0.3, 0.4) is 0 Å². The van der Waals surface area contributed by atoms with Crippen molar-refractivity contribution in [1.82, 2.24) is 9.78 Å². The average molecular weight is 241 g/mol. The van der Waals surface area contributed by atoms with Gasteiger partial charge in [0.2, 0.25) is 0 Å². The zero-order valence-corrected chi connectivity index (χ0v) is 7.67. The molecule has 0 aliphatic carbocycles. The number of nitrogens with zero attached hydrogens (tertiary/aromatic N) is 2. The quantitative estimate of drug-likeness (QED) is 0.804. The Morgan fingerprint density at radius 1 is 1.67 bits per heavy atom. The molecule has 0 unspecified atom stereocenters. The van der Waals surface area contributed by atoms with E-state index in [1.165, 1.54) is 4.68 Å². The molecule has 0 atom stereocenters. The zero-order valence-electron chi connectivity index (χ0n) is 6.08. The monoisotopic (exact) mass is 240 g/mol. The van der Waals surface area contributed by atoms with E-state index in [2.05, 4.69) is 25.8 Å². The topological polar surface area (TPSA) is 27.1 Å². The lowest BCUT2D eigenvalue weighted by Gasteiger charge is -2.01. The van der Waals surface area contributed by atoms with E-state index in [0.29, 0.717) is 6.54 Å². The maximum Gasteiger partial charge on any atom is 0.345 e. The summed E-state index contributed by atoms with van der Waals surface area (Å²) in [4.78, 5) is 0. The first-order chi connectivity index (χ1) is 5.68. The molecular weight excluding hydrogens is 234 g/mol. The van der Waals surface area contributed by atoms with E-state index in [1.54, 1.807) is 12.4 Å². The first kappa shape index (κ1) is 9.60. The highest BCUT2D eigenvalue weighted by atomic mass is 79.9.